The van der Waals surface area contributed by atoms with Crippen LogP contribution in [0.25, 0.3) is 5.69 Å². The van der Waals surface area contributed by atoms with E-state index in [1.807, 2.05) is 66.4 Å². The van der Waals surface area contributed by atoms with Crippen LogP contribution in [0, 0.1) is 6.92 Å². The van der Waals surface area contributed by atoms with Gasteiger partial charge in [-0.3, -0.25) is 9.69 Å². The van der Waals surface area contributed by atoms with Crippen molar-refractivity contribution in [2.24, 2.45) is 0 Å². The van der Waals surface area contributed by atoms with Crippen LogP contribution in [0.15, 0.2) is 54.6 Å². The van der Waals surface area contributed by atoms with Gasteiger partial charge in [0.1, 0.15) is 17.5 Å². The van der Waals surface area contributed by atoms with Gasteiger partial charge < -0.3 is 9.64 Å². The molecule has 1 fully saturated rings. The Morgan fingerprint density at radius 1 is 1.00 bits per heavy atom. The molecule has 2 aromatic carbocycles. The number of para-hydroxylation sites is 1. The topological polar surface area (TPSA) is 50.6 Å². The van der Waals surface area contributed by atoms with E-state index in [2.05, 4.69) is 10.00 Å². The summed E-state index contributed by atoms with van der Waals surface area (Å²) in [4.78, 5) is 17.3. The second-order valence-corrected chi connectivity index (χ2v) is 8.23. The van der Waals surface area contributed by atoms with E-state index in [1.54, 1.807) is 4.68 Å². The Hall–Kier alpha value is -2.54. The zero-order valence-corrected chi connectivity index (χ0v) is 18.8. The van der Waals surface area contributed by atoms with Crippen LogP contribution in [0.2, 0.25) is 10.2 Å². The Bertz CT molecular complexity index is 1030. The van der Waals surface area contributed by atoms with E-state index in [1.165, 1.54) is 0 Å². The number of halogens is 2. The zero-order chi connectivity index (χ0) is 21.8. The lowest BCUT2D eigenvalue weighted by molar-refractivity contribution is 0.0620. The maximum absolute atomic E-state index is 13.2. The lowest BCUT2D eigenvalue weighted by Crippen LogP contribution is -2.49. The van der Waals surface area contributed by atoms with Crippen molar-refractivity contribution in [3.63, 3.8) is 0 Å². The molecule has 0 unspecified atom stereocenters. The molecule has 1 saturated heterocycles. The molecule has 1 aromatic heterocycles. The fourth-order valence-electron chi connectivity index (χ4n) is 3.64. The van der Waals surface area contributed by atoms with Crippen molar-refractivity contribution >= 4 is 29.1 Å². The predicted octanol–water partition coefficient (Wildman–Crippen LogP) is 4.32. The summed E-state index contributed by atoms with van der Waals surface area (Å²) in [6.07, 6.45) is 0. The highest BCUT2D eigenvalue weighted by atomic mass is 35.5. The number of hydrogen-bond donors (Lipinski definition) is 0. The molecule has 1 aliphatic heterocycles. The summed E-state index contributed by atoms with van der Waals surface area (Å²) in [7, 11) is 0. The maximum Gasteiger partial charge on any atom is 0.258 e. The first-order chi connectivity index (χ1) is 15.0. The monoisotopic (exact) mass is 458 g/mol. The third kappa shape index (κ3) is 5.03. The summed E-state index contributed by atoms with van der Waals surface area (Å²) >= 11 is 12.5. The molecule has 0 spiro atoms. The third-order valence-corrected chi connectivity index (χ3v) is 5.97. The summed E-state index contributed by atoms with van der Waals surface area (Å²) in [5, 5.41) is 5.53. The third-order valence-electron chi connectivity index (χ3n) is 5.37. The highest BCUT2D eigenvalue weighted by Crippen LogP contribution is 2.25. The average Bonchev–Trinajstić information content (AvgIpc) is 3.09. The van der Waals surface area contributed by atoms with Crippen LogP contribution < -0.4 is 4.74 Å². The highest BCUT2D eigenvalue weighted by Gasteiger charge is 2.28. The second-order valence-electron chi connectivity index (χ2n) is 7.43. The van der Waals surface area contributed by atoms with Gasteiger partial charge in [-0.05, 0) is 43.3 Å². The largest absolute Gasteiger partial charge is 0.492 e. The number of rotatable bonds is 6. The number of aromatic nitrogens is 2. The van der Waals surface area contributed by atoms with Crippen molar-refractivity contribution in [1.82, 2.24) is 19.6 Å². The molecule has 0 N–H and O–H groups in total. The molecule has 3 aromatic rings. The Kier molecular flexibility index (Phi) is 6.80. The van der Waals surface area contributed by atoms with Crippen LogP contribution in [-0.2, 0) is 0 Å². The van der Waals surface area contributed by atoms with Crippen molar-refractivity contribution in [2.75, 3.05) is 39.3 Å². The van der Waals surface area contributed by atoms with E-state index in [0.717, 1.165) is 31.1 Å². The quantitative estimate of drug-likeness (QED) is 0.551. The predicted molar refractivity (Wildman–Crippen MR) is 123 cm³/mol. The fourth-order valence-corrected chi connectivity index (χ4v) is 4.12. The molecule has 162 valence electrons. The smallest absolute Gasteiger partial charge is 0.258 e. The number of amides is 1. The number of piperazine rings is 1. The molecule has 8 heteroatoms. The first-order valence-corrected chi connectivity index (χ1v) is 11.0. The molecule has 1 aliphatic rings. The van der Waals surface area contributed by atoms with E-state index < -0.39 is 0 Å². The van der Waals surface area contributed by atoms with E-state index in [0.29, 0.717) is 41.1 Å². The van der Waals surface area contributed by atoms with Crippen LogP contribution in [0.1, 0.15) is 16.1 Å². The van der Waals surface area contributed by atoms with Gasteiger partial charge in [-0.1, -0.05) is 41.4 Å². The van der Waals surface area contributed by atoms with Gasteiger partial charge in [-0.2, -0.15) is 5.10 Å². The van der Waals surface area contributed by atoms with Crippen LogP contribution in [0.5, 0.6) is 5.75 Å². The lowest BCUT2D eigenvalue weighted by atomic mass is 10.2. The van der Waals surface area contributed by atoms with Gasteiger partial charge in [0.05, 0.1) is 16.9 Å². The van der Waals surface area contributed by atoms with Crippen molar-refractivity contribution in [1.29, 1.82) is 0 Å². The Morgan fingerprint density at radius 2 is 1.68 bits per heavy atom. The summed E-state index contributed by atoms with van der Waals surface area (Å²) < 4.78 is 7.39. The number of carbonyl (C=O) groups excluding carboxylic acids is 1. The highest BCUT2D eigenvalue weighted by molar-refractivity contribution is 6.33. The summed E-state index contributed by atoms with van der Waals surface area (Å²) in [6.45, 7) is 6.08. The molecule has 1 amide bonds. The summed E-state index contributed by atoms with van der Waals surface area (Å²) in [6, 6.07) is 16.9. The van der Waals surface area contributed by atoms with E-state index >= 15 is 0 Å². The normalized spacial score (nSPS) is 14.6. The Morgan fingerprint density at radius 3 is 2.35 bits per heavy atom. The molecule has 0 atom stereocenters. The van der Waals surface area contributed by atoms with E-state index in [9.17, 15) is 4.79 Å². The van der Waals surface area contributed by atoms with E-state index in [-0.39, 0.29) is 5.91 Å². The molecular weight excluding hydrogens is 435 g/mol. The van der Waals surface area contributed by atoms with Gasteiger partial charge in [0.2, 0.25) is 0 Å². The van der Waals surface area contributed by atoms with Gasteiger partial charge >= 0.3 is 0 Å². The Balaban J connectivity index is 1.32. The maximum atomic E-state index is 13.2. The van der Waals surface area contributed by atoms with Crippen LogP contribution >= 0.6 is 23.2 Å². The lowest BCUT2D eigenvalue weighted by Gasteiger charge is -2.34. The molecule has 0 radical (unpaired) electrons. The van der Waals surface area contributed by atoms with Crippen LogP contribution in [0.3, 0.4) is 0 Å². The number of benzene rings is 2. The van der Waals surface area contributed by atoms with Crippen molar-refractivity contribution < 1.29 is 9.53 Å². The Labute approximate surface area is 191 Å². The first-order valence-electron chi connectivity index (χ1n) is 10.2. The average molecular weight is 459 g/mol. The number of nitrogens with zero attached hydrogens (tertiary/aromatic N) is 4. The van der Waals surface area contributed by atoms with E-state index in [4.69, 9.17) is 27.9 Å². The minimum absolute atomic E-state index is 0.0678. The SMILES string of the molecule is Cc1nn(-c2ccccc2)c(Cl)c1C(=O)N1CCN(CCOc2ccc(Cl)cc2)CC1. The van der Waals surface area contributed by atoms with Crippen molar-refractivity contribution in [3.8, 4) is 11.4 Å². The standard InChI is InChI=1S/C23H24Cl2N4O2/c1-17-21(22(25)29(26-17)19-5-3-2-4-6-19)23(30)28-13-11-27(12-14-28)15-16-31-20-9-7-18(24)8-10-20/h2-10H,11-16H2,1H3. The minimum atomic E-state index is -0.0678. The molecule has 2 heterocycles. The van der Waals surface area contributed by atoms with Crippen molar-refractivity contribution in [3.05, 3.63) is 76.0 Å². The molecule has 4 rings (SSSR count). The number of hydrogen-bond acceptors (Lipinski definition) is 4. The second kappa shape index (κ2) is 9.73. The minimum Gasteiger partial charge on any atom is -0.492 e. The molecule has 0 bridgehead atoms. The van der Waals surface area contributed by atoms with Crippen molar-refractivity contribution in [2.45, 2.75) is 6.92 Å². The fraction of sp³-hybridized carbons (Fsp3) is 0.304. The van der Waals surface area contributed by atoms with Gasteiger partial charge in [-0.25, -0.2) is 4.68 Å². The van der Waals surface area contributed by atoms with Gasteiger partial charge in [0.25, 0.3) is 5.91 Å². The van der Waals surface area contributed by atoms with Gasteiger partial charge in [-0.15, -0.1) is 0 Å². The molecule has 6 nitrogen and oxygen atoms in total. The zero-order valence-electron chi connectivity index (χ0n) is 17.3. The molecule has 0 saturated carbocycles. The number of aryl methyl sites for hydroxylation is 1. The van der Waals surface area contributed by atoms with Crippen LogP contribution in [0.4, 0.5) is 0 Å². The van der Waals surface area contributed by atoms with Crippen LogP contribution in [-0.4, -0.2) is 64.8 Å². The van der Waals surface area contributed by atoms with Gasteiger partial charge in [0, 0.05) is 37.7 Å². The number of ether oxygens (including phenoxy) is 1. The molecule has 0 aliphatic carbocycles. The summed E-state index contributed by atoms with van der Waals surface area (Å²) in [5.74, 6) is 0.737. The number of carbonyl (C=O) groups is 1. The molecule has 31 heavy (non-hydrogen) atoms. The van der Waals surface area contributed by atoms with Gasteiger partial charge in [0.15, 0.2) is 0 Å². The molecular formula is C23H24Cl2N4O2. The summed E-state index contributed by atoms with van der Waals surface area (Å²) in [5.41, 5.74) is 1.95. The first kappa shape index (κ1) is 21.7.